The Morgan fingerprint density at radius 1 is 1.12 bits per heavy atom. The van der Waals surface area contributed by atoms with Gasteiger partial charge in [-0.1, -0.05) is 58.4 Å². The molecule has 0 saturated heterocycles. The maximum absolute atomic E-state index is 12.1. The predicted octanol–water partition coefficient (Wildman–Crippen LogP) is 3.98. The van der Waals surface area contributed by atoms with Gasteiger partial charge in [0.15, 0.2) is 0 Å². The first-order valence-electron chi connectivity index (χ1n) is 7.38. The quantitative estimate of drug-likeness (QED) is 0.756. The van der Waals surface area contributed by atoms with Crippen LogP contribution >= 0.6 is 15.9 Å². The van der Waals surface area contributed by atoms with Crippen LogP contribution < -0.4 is 5.32 Å². The van der Waals surface area contributed by atoms with Gasteiger partial charge in [0, 0.05) is 4.47 Å². The SMILES string of the molecule is COC(=O)CC(NC(=O)OCc1ccccc1)c1cccc(Br)c1. The minimum absolute atomic E-state index is 0.0212. The molecule has 2 rings (SSSR count). The molecule has 1 amide bonds. The van der Waals surface area contributed by atoms with Crippen LogP contribution in [0.1, 0.15) is 23.6 Å². The largest absolute Gasteiger partial charge is 0.469 e. The van der Waals surface area contributed by atoms with Gasteiger partial charge in [0.25, 0.3) is 0 Å². The van der Waals surface area contributed by atoms with Gasteiger partial charge < -0.3 is 14.8 Å². The van der Waals surface area contributed by atoms with Crippen molar-refractivity contribution in [3.05, 3.63) is 70.2 Å². The van der Waals surface area contributed by atoms with E-state index in [4.69, 9.17) is 9.47 Å². The third kappa shape index (κ3) is 5.70. The molecule has 2 aromatic rings. The Labute approximate surface area is 149 Å². The van der Waals surface area contributed by atoms with E-state index in [1.807, 2.05) is 54.6 Å². The summed E-state index contributed by atoms with van der Waals surface area (Å²) in [6, 6.07) is 16.2. The van der Waals surface area contributed by atoms with Crippen LogP contribution in [0.3, 0.4) is 0 Å². The topological polar surface area (TPSA) is 64.6 Å². The van der Waals surface area contributed by atoms with Gasteiger partial charge in [0.2, 0.25) is 0 Å². The van der Waals surface area contributed by atoms with Crippen LogP contribution in [0, 0.1) is 0 Å². The molecule has 0 aliphatic carbocycles. The normalized spacial score (nSPS) is 11.4. The molecular weight excluding hydrogens is 374 g/mol. The average Bonchev–Trinajstić information content (AvgIpc) is 2.60. The highest BCUT2D eigenvalue weighted by atomic mass is 79.9. The van der Waals surface area contributed by atoms with E-state index in [0.717, 1.165) is 15.6 Å². The Bertz CT molecular complexity index is 690. The molecule has 0 saturated carbocycles. The van der Waals surface area contributed by atoms with Crippen molar-refractivity contribution < 1.29 is 19.1 Å². The molecule has 24 heavy (non-hydrogen) atoms. The fourth-order valence-electron chi connectivity index (χ4n) is 2.13. The fourth-order valence-corrected chi connectivity index (χ4v) is 2.55. The van der Waals surface area contributed by atoms with Crippen molar-refractivity contribution >= 4 is 28.0 Å². The number of amides is 1. The van der Waals surface area contributed by atoms with Gasteiger partial charge in [-0.2, -0.15) is 0 Å². The number of benzene rings is 2. The van der Waals surface area contributed by atoms with E-state index in [1.54, 1.807) is 0 Å². The van der Waals surface area contributed by atoms with Gasteiger partial charge in [-0.15, -0.1) is 0 Å². The van der Waals surface area contributed by atoms with Crippen molar-refractivity contribution in [2.24, 2.45) is 0 Å². The Morgan fingerprint density at radius 3 is 2.54 bits per heavy atom. The summed E-state index contributed by atoms with van der Waals surface area (Å²) in [6.07, 6.45) is -0.569. The van der Waals surface area contributed by atoms with Gasteiger partial charge in [-0.25, -0.2) is 4.79 Å². The minimum Gasteiger partial charge on any atom is -0.469 e. The molecule has 0 fully saturated rings. The zero-order chi connectivity index (χ0) is 17.4. The third-order valence-electron chi connectivity index (χ3n) is 3.35. The summed E-state index contributed by atoms with van der Waals surface area (Å²) in [7, 11) is 1.31. The molecule has 2 aromatic carbocycles. The number of rotatable bonds is 6. The molecule has 1 atom stereocenters. The average molecular weight is 392 g/mol. The van der Waals surface area contributed by atoms with Crippen molar-refractivity contribution in [2.45, 2.75) is 19.1 Å². The Kier molecular flexibility index (Phi) is 6.81. The molecule has 6 heteroatoms. The van der Waals surface area contributed by atoms with Crippen LogP contribution in [-0.2, 0) is 20.9 Å². The highest BCUT2D eigenvalue weighted by Crippen LogP contribution is 2.21. The molecule has 0 aliphatic rings. The molecule has 0 bridgehead atoms. The summed E-state index contributed by atoms with van der Waals surface area (Å²) in [5.74, 6) is -0.414. The number of esters is 1. The van der Waals surface area contributed by atoms with Gasteiger partial charge >= 0.3 is 12.1 Å². The lowest BCUT2D eigenvalue weighted by atomic mass is 10.0. The molecule has 0 aromatic heterocycles. The molecule has 0 aliphatic heterocycles. The van der Waals surface area contributed by atoms with Crippen molar-refractivity contribution in [1.82, 2.24) is 5.32 Å². The van der Waals surface area contributed by atoms with E-state index < -0.39 is 18.1 Å². The lowest BCUT2D eigenvalue weighted by molar-refractivity contribution is -0.141. The molecule has 126 valence electrons. The predicted molar refractivity (Wildman–Crippen MR) is 93.3 cm³/mol. The zero-order valence-electron chi connectivity index (χ0n) is 13.2. The van der Waals surface area contributed by atoms with E-state index in [0.29, 0.717) is 0 Å². The molecule has 0 spiro atoms. The molecule has 1 N–H and O–H groups in total. The Balaban J connectivity index is 2.01. The monoisotopic (exact) mass is 391 g/mol. The van der Waals surface area contributed by atoms with Crippen LogP contribution in [0.15, 0.2) is 59.1 Å². The molecule has 0 radical (unpaired) electrons. The van der Waals surface area contributed by atoms with Crippen LogP contribution in [0.5, 0.6) is 0 Å². The lowest BCUT2D eigenvalue weighted by Gasteiger charge is -2.18. The number of alkyl carbamates (subject to hydrolysis) is 1. The lowest BCUT2D eigenvalue weighted by Crippen LogP contribution is -2.31. The summed E-state index contributed by atoms with van der Waals surface area (Å²) in [6.45, 7) is 0.163. The first-order valence-corrected chi connectivity index (χ1v) is 8.17. The number of nitrogens with one attached hydrogen (secondary N) is 1. The maximum atomic E-state index is 12.1. The smallest absolute Gasteiger partial charge is 0.407 e. The highest BCUT2D eigenvalue weighted by Gasteiger charge is 2.20. The number of hydrogen-bond donors (Lipinski definition) is 1. The van der Waals surface area contributed by atoms with E-state index in [-0.39, 0.29) is 13.0 Å². The number of carbonyl (C=O) groups is 2. The van der Waals surface area contributed by atoms with Gasteiger partial charge in [0.05, 0.1) is 19.6 Å². The fraction of sp³-hybridized carbons (Fsp3) is 0.222. The number of methoxy groups -OCH3 is 1. The third-order valence-corrected chi connectivity index (χ3v) is 3.85. The van der Waals surface area contributed by atoms with E-state index >= 15 is 0 Å². The van der Waals surface area contributed by atoms with Gasteiger partial charge in [-0.05, 0) is 23.3 Å². The van der Waals surface area contributed by atoms with E-state index in [2.05, 4.69) is 21.2 Å². The summed E-state index contributed by atoms with van der Waals surface area (Å²) in [5, 5.41) is 2.71. The standard InChI is InChI=1S/C18H18BrNO4/c1-23-17(21)11-16(14-8-5-9-15(19)10-14)20-18(22)24-12-13-6-3-2-4-7-13/h2-10,16H,11-12H2,1H3,(H,20,22). The van der Waals surface area contributed by atoms with Crippen molar-refractivity contribution in [3.8, 4) is 0 Å². The molecule has 0 heterocycles. The van der Waals surface area contributed by atoms with Crippen LogP contribution in [0.2, 0.25) is 0 Å². The van der Waals surface area contributed by atoms with Crippen LogP contribution in [-0.4, -0.2) is 19.2 Å². The first kappa shape index (κ1) is 18.0. The number of halogens is 1. The van der Waals surface area contributed by atoms with Crippen molar-refractivity contribution in [3.63, 3.8) is 0 Å². The number of carbonyl (C=O) groups excluding carboxylic acids is 2. The maximum Gasteiger partial charge on any atom is 0.407 e. The van der Waals surface area contributed by atoms with Gasteiger partial charge in [-0.3, -0.25) is 4.79 Å². The Hall–Kier alpha value is -2.34. The minimum atomic E-state index is -0.590. The molecular formula is C18H18BrNO4. The second-order valence-electron chi connectivity index (χ2n) is 5.09. The van der Waals surface area contributed by atoms with E-state index in [1.165, 1.54) is 7.11 Å². The highest BCUT2D eigenvalue weighted by molar-refractivity contribution is 9.10. The van der Waals surface area contributed by atoms with Crippen molar-refractivity contribution in [1.29, 1.82) is 0 Å². The summed E-state index contributed by atoms with van der Waals surface area (Å²) >= 11 is 3.38. The summed E-state index contributed by atoms with van der Waals surface area (Å²) in [5.41, 5.74) is 1.67. The molecule has 1 unspecified atom stereocenters. The van der Waals surface area contributed by atoms with Crippen molar-refractivity contribution in [2.75, 3.05) is 7.11 Å². The second kappa shape index (κ2) is 9.08. The van der Waals surface area contributed by atoms with Crippen LogP contribution in [0.25, 0.3) is 0 Å². The number of hydrogen-bond acceptors (Lipinski definition) is 4. The second-order valence-corrected chi connectivity index (χ2v) is 6.01. The van der Waals surface area contributed by atoms with E-state index in [9.17, 15) is 9.59 Å². The number of ether oxygens (including phenoxy) is 2. The van der Waals surface area contributed by atoms with Gasteiger partial charge in [0.1, 0.15) is 6.61 Å². The summed E-state index contributed by atoms with van der Waals surface area (Å²) < 4.78 is 10.8. The molecule has 5 nitrogen and oxygen atoms in total. The summed E-state index contributed by atoms with van der Waals surface area (Å²) in [4.78, 5) is 23.7. The first-order chi connectivity index (χ1) is 11.6. The van der Waals surface area contributed by atoms with Crippen LogP contribution in [0.4, 0.5) is 4.79 Å². The zero-order valence-corrected chi connectivity index (χ0v) is 14.8. The Morgan fingerprint density at radius 2 is 1.88 bits per heavy atom.